The Balaban J connectivity index is 1.37. The molecule has 4 rings (SSSR count). The molecule has 2 fully saturated rings. The predicted molar refractivity (Wildman–Crippen MR) is 120 cm³/mol. The maximum absolute atomic E-state index is 13.0. The number of hydrogen-bond acceptors (Lipinski definition) is 5. The largest absolute Gasteiger partial charge is 0.481 e. The number of carbonyl (C=O) groups is 3. The molecule has 1 spiro atoms. The molecule has 32 heavy (non-hydrogen) atoms. The summed E-state index contributed by atoms with van der Waals surface area (Å²) in [5.41, 5.74) is 1.70. The van der Waals surface area contributed by atoms with Gasteiger partial charge in [-0.1, -0.05) is 23.7 Å². The Morgan fingerprint density at radius 2 is 1.47 bits per heavy atom. The third-order valence-corrected chi connectivity index (χ3v) is 6.80. The summed E-state index contributed by atoms with van der Waals surface area (Å²) in [5, 5.41) is 0.227. The zero-order chi connectivity index (χ0) is 22.9. The summed E-state index contributed by atoms with van der Waals surface area (Å²) in [6, 6.07) is 10.00. The number of amides is 2. The molecule has 2 aromatic rings. The number of carbonyl (C=O) groups excluding carboxylic acids is 3. The molecule has 0 radical (unpaired) electrons. The lowest BCUT2D eigenvalue weighted by atomic mass is 9.77. The van der Waals surface area contributed by atoms with Crippen LogP contribution in [0.1, 0.15) is 57.3 Å². The number of ether oxygens (including phenoxy) is 1. The van der Waals surface area contributed by atoms with Gasteiger partial charge in [0.25, 0.3) is 11.8 Å². The molecule has 0 N–H and O–H groups in total. The highest BCUT2D eigenvalue weighted by molar-refractivity contribution is 6.29. The highest BCUT2D eigenvalue weighted by Crippen LogP contribution is 2.41. The van der Waals surface area contributed by atoms with Gasteiger partial charge in [0, 0.05) is 48.9 Å². The lowest BCUT2D eigenvalue weighted by molar-refractivity contribution is 0.0565. The zero-order valence-corrected chi connectivity index (χ0v) is 19.0. The number of benzene rings is 1. The first-order valence-corrected chi connectivity index (χ1v) is 11.1. The van der Waals surface area contributed by atoms with Crippen LogP contribution in [0.4, 0.5) is 0 Å². The Morgan fingerprint density at radius 1 is 0.906 bits per heavy atom. The number of nitrogens with zero attached hydrogens (tertiary/aromatic N) is 3. The minimum Gasteiger partial charge on any atom is -0.481 e. The fraction of sp³-hybridized carbons (Fsp3) is 0.417. The van der Waals surface area contributed by atoms with Gasteiger partial charge in [0.15, 0.2) is 5.78 Å². The molecule has 1 aromatic heterocycles. The number of methoxy groups -OCH3 is 1. The molecule has 0 aliphatic carbocycles. The maximum atomic E-state index is 13.0. The topological polar surface area (TPSA) is 79.8 Å². The van der Waals surface area contributed by atoms with Crippen LogP contribution in [-0.4, -0.2) is 65.7 Å². The van der Waals surface area contributed by atoms with Crippen molar-refractivity contribution in [2.75, 3.05) is 33.3 Å². The average Bonchev–Trinajstić information content (AvgIpc) is 3.21. The van der Waals surface area contributed by atoms with E-state index in [0.29, 0.717) is 48.7 Å². The van der Waals surface area contributed by atoms with Gasteiger partial charge in [-0.3, -0.25) is 14.4 Å². The van der Waals surface area contributed by atoms with Gasteiger partial charge < -0.3 is 14.5 Å². The van der Waals surface area contributed by atoms with Crippen LogP contribution >= 0.6 is 11.6 Å². The predicted octanol–water partition coefficient (Wildman–Crippen LogP) is 3.71. The van der Waals surface area contributed by atoms with E-state index in [2.05, 4.69) is 4.98 Å². The minimum atomic E-state index is -0.0754. The lowest BCUT2D eigenvalue weighted by Gasteiger charge is -2.39. The second-order valence-corrected chi connectivity index (χ2v) is 9.01. The molecule has 0 unspecified atom stereocenters. The quantitative estimate of drug-likeness (QED) is 0.518. The SMILES string of the molecule is COc1cc(C(=O)N2CCC3(CCN(C(=O)c4ccc(C(C)=O)cc4)CC3)C2)cc(Cl)n1. The molecule has 2 aliphatic heterocycles. The molecule has 2 saturated heterocycles. The van der Waals surface area contributed by atoms with Crippen LogP contribution in [0.5, 0.6) is 5.88 Å². The van der Waals surface area contributed by atoms with Crippen LogP contribution in [0.3, 0.4) is 0 Å². The number of rotatable bonds is 4. The third kappa shape index (κ3) is 4.48. The summed E-state index contributed by atoms with van der Waals surface area (Å²) in [7, 11) is 1.49. The van der Waals surface area contributed by atoms with Crippen molar-refractivity contribution in [3.8, 4) is 5.88 Å². The number of likely N-dealkylation sites (tertiary alicyclic amines) is 2. The van der Waals surface area contributed by atoms with E-state index in [-0.39, 0.29) is 28.2 Å². The molecule has 7 nitrogen and oxygen atoms in total. The fourth-order valence-electron chi connectivity index (χ4n) is 4.61. The van der Waals surface area contributed by atoms with Gasteiger partial charge in [-0.15, -0.1) is 0 Å². The van der Waals surface area contributed by atoms with Gasteiger partial charge in [-0.05, 0) is 49.8 Å². The Labute approximate surface area is 192 Å². The van der Waals surface area contributed by atoms with Gasteiger partial charge in [-0.2, -0.15) is 0 Å². The number of aromatic nitrogens is 1. The van der Waals surface area contributed by atoms with Crippen LogP contribution in [0.15, 0.2) is 36.4 Å². The van der Waals surface area contributed by atoms with Crippen molar-refractivity contribution in [1.29, 1.82) is 0 Å². The Hall–Kier alpha value is -2.93. The third-order valence-electron chi connectivity index (χ3n) is 6.60. The van der Waals surface area contributed by atoms with Crippen molar-refractivity contribution in [3.63, 3.8) is 0 Å². The number of Topliss-reactive ketones (excluding diaryl/α,β-unsaturated/α-hetero) is 1. The van der Waals surface area contributed by atoms with E-state index in [1.54, 1.807) is 36.4 Å². The molecule has 0 bridgehead atoms. The Morgan fingerprint density at radius 3 is 2.06 bits per heavy atom. The molecule has 1 aromatic carbocycles. The van der Waals surface area contributed by atoms with E-state index in [1.807, 2.05) is 9.80 Å². The molecule has 2 aliphatic rings. The average molecular weight is 456 g/mol. The molecule has 168 valence electrons. The van der Waals surface area contributed by atoms with Gasteiger partial charge in [0.1, 0.15) is 5.15 Å². The summed E-state index contributed by atoms with van der Waals surface area (Å²) in [5.74, 6) is 0.211. The van der Waals surface area contributed by atoms with Crippen LogP contribution in [0.25, 0.3) is 0 Å². The van der Waals surface area contributed by atoms with Gasteiger partial charge in [-0.25, -0.2) is 4.98 Å². The maximum Gasteiger partial charge on any atom is 0.254 e. The number of pyridine rings is 1. The van der Waals surface area contributed by atoms with E-state index >= 15 is 0 Å². The molecule has 8 heteroatoms. The lowest BCUT2D eigenvalue weighted by Crippen LogP contribution is -2.44. The summed E-state index contributed by atoms with van der Waals surface area (Å²) in [6.07, 6.45) is 2.63. The second-order valence-electron chi connectivity index (χ2n) is 8.62. The standard InChI is InChI=1S/C24H26ClN3O4/c1-16(29)17-3-5-18(6-4-17)22(30)27-10-7-24(8-11-27)9-12-28(15-24)23(31)19-13-20(25)26-21(14-19)32-2/h3-6,13-14H,7-12,15H2,1-2H3. The molecule has 0 saturated carbocycles. The van der Waals surface area contributed by atoms with Crippen molar-refractivity contribution in [1.82, 2.24) is 14.8 Å². The summed E-state index contributed by atoms with van der Waals surface area (Å²) >= 11 is 6.03. The molecular weight excluding hydrogens is 430 g/mol. The van der Waals surface area contributed by atoms with Crippen molar-refractivity contribution >= 4 is 29.2 Å². The normalized spacial score (nSPS) is 17.5. The van der Waals surface area contributed by atoms with Gasteiger partial charge in [0.05, 0.1) is 7.11 Å². The van der Waals surface area contributed by atoms with Crippen molar-refractivity contribution in [2.45, 2.75) is 26.2 Å². The van der Waals surface area contributed by atoms with E-state index in [4.69, 9.17) is 16.3 Å². The Bertz CT molecular complexity index is 1050. The number of hydrogen-bond donors (Lipinski definition) is 0. The first-order chi connectivity index (χ1) is 15.3. The van der Waals surface area contributed by atoms with E-state index in [1.165, 1.54) is 14.0 Å². The van der Waals surface area contributed by atoms with E-state index in [9.17, 15) is 14.4 Å². The fourth-order valence-corrected chi connectivity index (χ4v) is 4.82. The number of piperidine rings is 1. The number of ketones is 1. The summed E-state index contributed by atoms with van der Waals surface area (Å²) in [4.78, 5) is 45.1. The summed E-state index contributed by atoms with van der Waals surface area (Å²) in [6.45, 7) is 4.18. The van der Waals surface area contributed by atoms with Crippen molar-refractivity contribution in [3.05, 3.63) is 58.2 Å². The van der Waals surface area contributed by atoms with Crippen LogP contribution in [0.2, 0.25) is 5.15 Å². The van der Waals surface area contributed by atoms with Crippen molar-refractivity contribution in [2.24, 2.45) is 5.41 Å². The minimum absolute atomic E-state index is 0.0144. The van der Waals surface area contributed by atoms with Gasteiger partial charge in [0.2, 0.25) is 5.88 Å². The highest BCUT2D eigenvalue weighted by atomic mass is 35.5. The highest BCUT2D eigenvalue weighted by Gasteiger charge is 2.43. The smallest absolute Gasteiger partial charge is 0.254 e. The Kier molecular flexibility index (Phi) is 6.20. The van der Waals surface area contributed by atoms with Crippen LogP contribution in [-0.2, 0) is 0 Å². The van der Waals surface area contributed by atoms with Crippen LogP contribution in [0, 0.1) is 5.41 Å². The molecule has 2 amide bonds. The van der Waals surface area contributed by atoms with Gasteiger partial charge >= 0.3 is 0 Å². The first-order valence-electron chi connectivity index (χ1n) is 10.7. The molecule has 3 heterocycles. The van der Waals surface area contributed by atoms with Crippen molar-refractivity contribution < 1.29 is 19.1 Å². The van der Waals surface area contributed by atoms with E-state index in [0.717, 1.165) is 19.3 Å². The zero-order valence-electron chi connectivity index (χ0n) is 18.3. The second kappa shape index (κ2) is 8.90. The number of halogens is 1. The first kappa shape index (κ1) is 22.3. The molecule has 0 atom stereocenters. The van der Waals surface area contributed by atoms with Crippen LogP contribution < -0.4 is 4.74 Å². The van der Waals surface area contributed by atoms with E-state index < -0.39 is 0 Å². The summed E-state index contributed by atoms with van der Waals surface area (Å²) < 4.78 is 5.13. The monoisotopic (exact) mass is 455 g/mol. The molecular formula is C24H26ClN3O4.